The van der Waals surface area contributed by atoms with Gasteiger partial charge in [0.05, 0.1) is 11.4 Å². The molecule has 0 fully saturated rings. The Kier molecular flexibility index (Phi) is 2.88. The van der Waals surface area contributed by atoms with Gasteiger partial charge in [-0.05, 0) is 13.8 Å². The Morgan fingerprint density at radius 1 is 1.57 bits per heavy atom. The molecule has 0 aliphatic carbocycles. The molecule has 6 heteroatoms. The average molecular weight is 233 g/mol. The van der Waals surface area contributed by atoms with Crippen molar-refractivity contribution in [2.24, 2.45) is 0 Å². The van der Waals surface area contributed by atoms with Gasteiger partial charge in [0.15, 0.2) is 0 Å². The SMILES string of the molecule is C#CCn1nc(C)c(S(=O)(=O)Cl)c1C. The van der Waals surface area contributed by atoms with Crippen molar-refractivity contribution in [3.63, 3.8) is 0 Å². The quantitative estimate of drug-likeness (QED) is 0.566. The highest BCUT2D eigenvalue weighted by atomic mass is 35.7. The molecule has 0 saturated carbocycles. The minimum Gasteiger partial charge on any atom is -0.256 e. The van der Waals surface area contributed by atoms with Crippen LogP contribution in [0.15, 0.2) is 4.90 Å². The molecule has 1 rings (SSSR count). The van der Waals surface area contributed by atoms with Gasteiger partial charge >= 0.3 is 0 Å². The van der Waals surface area contributed by atoms with E-state index >= 15 is 0 Å². The maximum Gasteiger partial charge on any atom is 0.264 e. The van der Waals surface area contributed by atoms with E-state index in [0.29, 0.717) is 11.4 Å². The number of nitrogens with zero attached hydrogens (tertiary/aromatic N) is 2. The number of aromatic nitrogens is 2. The zero-order valence-corrected chi connectivity index (χ0v) is 9.35. The Hall–Kier alpha value is -0.990. The molecule has 1 aromatic heterocycles. The number of terminal acetylenes is 1. The molecule has 0 bridgehead atoms. The van der Waals surface area contributed by atoms with Gasteiger partial charge in [0.2, 0.25) is 0 Å². The maximum atomic E-state index is 11.2. The maximum absolute atomic E-state index is 11.2. The molecule has 14 heavy (non-hydrogen) atoms. The molecule has 0 aromatic carbocycles. The van der Waals surface area contributed by atoms with Gasteiger partial charge in [-0.25, -0.2) is 8.42 Å². The lowest BCUT2D eigenvalue weighted by Crippen LogP contribution is -2.01. The Morgan fingerprint density at radius 3 is 2.50 bits per heavy atom. The molecule has 1 heterocycles. The third-order valence-electron chi connectivity index (χ3n) is 1.80. The van der Waals surface area contributed by atoms with E-state index in [-0.39, 0.29) is 11.4 Å². The van der Waals surface area contributed by atoms with Crippen LogP contribution in [0.5, 0.6) is 0 Å². The molecule has 4 nitrogen and oxygen atoms in total. The van der Waals surface area contributed by atoms with Crippen LogP contribution in [0.25, 0.3) is 0 Å². The van der Waals surface area contributed by atoms with Gasteiger partial charge < -0.3 is 0 Å². The van der Waals surface area contributed by atoms with Crippen molar-refractivity contribution in [3.8, 4) is 12.3 Å². The summed E-state index contributed by atoms with van der Waals surface area (Å²) in [4.78, 5) is 0.0504. The lowest BCUT2D eigenvalue weighted by molar-refractivity contribution is 0.608. The predicted octanol–water partition coefficient (Wildman–Crippen LogP) is 1.06. The Balaban J connectivity index is 3.42. The monoisotopic (exact) mass is 232 g/mol. The zero-order valence-electron chi connectivity index (χ0n) is 7.78. The van der Waals surface area contributed by atoms with E-state index in [0.717, 1.165) is 0 Å². The molecule has 0 aliphatic heterocycles. The summed E-state index contributed by atoms with van der Waals surface area (Å²) in [5.74, 6) is 2.38. The first-order chi connectivity index (χ1) is 6.38. The van der Waals surface area contributed by atoms with Crippen molar-refractivity contribution < 1.29 is 8.42 Å². The van der Waals surface area contributed by atoms with Crippen molar-refractivity contribution >= 4 is 19.7 Å². The number of aryl methyl sites for hydroxylation is 1. The summed E-state index contributed by atoms with van der Waals surface area (Å²) < 4.78 is 23.7. The van der Waals surface area contributed by atoms with Crippen LogP contribution < -0.4 is 0 Å². The highest BCUT2D eigenvalue weighted by Crippen LogP contribution is 2.22. The van der Waals surface area contributed by atoms with Gasteiger partial charge in [-0.15, -0.1) is 6.42 Å². The zero-order chi connectivity index (χ0) is 10.9. The van der Waals surface area contributed by atoms with Gasteiger partial charge in [0.25, 0.3) is 9.05 Å². The number of halogens is 1. The van der Waals surface area contributed by atoms with E-state index in [1.807, 2.05) is 0 Å². The fourth-order valence-electron chi connectivity index (χ4n) is 1.27. The van der Waals surface area contributed by atoms with E-state index in [9.17, 15) is 8.42 Å². The molecular weight excluding hydrogens is 224 g/mol. The fourth-order valence-corrected chi connectivity index (χ4v) is 2.80. The highest BCUT2D eigenvalue weighted by molar-refractivity contribution is 8.13. The molecule has 0 spiro atoms. The van der Waals surface area contributed by atoms with Crippen LogP contribution in [0, 0.1) is 26.2 Å². The molecule has 0 N–H and O–H groups in total. The van der Waals surface area contributed by atoms with Crippen molar-refractivity contribution in [2.75, 3.05) is 0 Å². The van der Waals surface area contributed by atoms with Crippen molar-refractivity contribution in [1.82, 2.24) is 9.78 Å². The average Bonchev–Trinajstić information content (AvgIpc) is 2.26. The summed E-state index contributed by atoms with van der Waals surface area (Å²) in [7, 11) is 1.51. The van der Waals surface area contributed by atoms with Crippen LogP contribution in [0.4, 0.5) is 0 Å². The van der Waals surface area contributed by atoms with Crippen LogP contribution in [0.2, 0.25) is 0 Å². The first kappa shape index (κ1) is 11.1. The molecule has 76 valence electrons. The van der Waals surface area contributed by atoms with Crippen LogP contribution in [0.1, 0.15) is 11.4 Å². The van der Waals surface area contributed by atoms with Gasteiger partial charge in [-0.3, -0.25) is 4.68 Å². The fraction of sp³-hybridized carbons (Fsp3) is 0.375. The van der Waals surface area contributed by atoms with Crippen molar-refractivity contribution in [1.29, 1.82) is 0 Å². The summed E-state index contributed by atoms with van der Waals surface area (Å²) in [6.07, 6.45) is 5.10. The van der Waals surface area contributed by atoms with Gasteiger partial charge in [-0.1, -0.05) is 5.92 Å². The van der Waals surface area contributed by atoms with Crippen LogP contribution >= 0.6 is 10.7 Å². The standard InChI is InChI=1S/C8H9ClN2O2S/c1-4-5-11-7(3)8(6(2)10-11)14(9,12)13/h1H,5H2,2-3H3. The molecule has 0 amide bonds. The minimum absolute atomic E-state index is 0.0504. The summed E-state index contributed by atoms with van der Waals surface area (Å²) >= 11 is 0. The lowest BCUT2D eigenvalue weighted by atomic mass is 10.4. The minimum atomic E-state index is -3.74. The molecular formula is C8H9ClN2O2S. The topological polar surface area (TPSA) is 52.0 Å². The second kappa shape index (κ2) is 3.64. The van der Waals surface area contributed by atoms with Crippen LogP contribution in [-0.2, 0) is 15.6 Å². The van der Waals surface area contributed by atoms with E-state index in [4.69, 9.17) is 17.1 Å². The molecule has 0 unspecified atom stereocenters. The van der Waals surface area contributed by atoms with Gasteiger partial charge in [0.1, 0.15) is 11.4 Å². The van der Waals surface area contributed by atoms with E-state index < -0.39 is 9.05 Å². The van der Waals surface area contributed by atoms with E-state index in [1.165, 1.54) is 4.68 Å². The molecule has 0 aliphatic rings. The third-order valence-corrected chi connectivity index (χ3v) is 3.34. The number of hydrogen-bond acceptors (Lipinski definition) is 3. The Bertz CT molecular complexity index is 496. The summed E-state index contributed by atoms with van der Waals surface area (Å²) in [6.45, 7) is 3.43. The molecule has 0 radical (unpaired) electrons. The largest absolute Gasteiger partial charge is 0.264 e. The van der Waals surface area contributed by atoms with Crippen LogP contribution in [0.3, 0.4) is 0 Å². The van der Waals surface area contributed by atoms with Gasteiger partial charge in [0, 0.05) is 10.7 Å². The lowest BCUT2D eigenvalue weighted by Gasteiger charge is -1.98. The Morgan fingerprint density at radius 2 is 2.14 bits per heavy atom. The van der Waals surface area contributed by atoms with Crippen molar-refractivity contribution in [2.45, 2.75) is 25.3 Å². The first-order valence-electron chi connectivity index (χ1n) is 3.80. The summed E-state index contributed by atoms with van der Waals surface area (Å²) in [5, 5.41) is 3.98. The Labute approximate surface area is 87.3 Å². The number of rotatable bonds is 2. The van der Waals surface area contributed by atoms with E-state index in [1.54, 1.807) is 13.8 Å². The van der Waals surface area contributed by atoms with E-state index in [2.05, 4.69) is 11.0 Å². The van der Waals surface area contributed by atoms with Crippen LogP contribution in [-0.4, -0.2) is 18.2 Å². The normalized spacial score (nSPS) is 11.3. The third kappa shape index (κ3) is 1.91. The summed E-state index contributed by atoms with van der Waals surface area (Å²) in [6, 6.07) is 0. The molecule has 0 atom stereocenters. The van der Waals surface area contributed by atoms with Crippen molar-refractivity contribution in [3.05, 3.63) is 11.4 Å². The van der Waals surface area contributed by atoms with Gasteiger partial charge in [-0.2, -0.15) is 5.10 Å². The second-order valence-electron chi connectivity index (χ2n) is 2.80. The molecule has 0 saturated heterocycles. The predicted molar refractivity (Wildman–Crippen MR) is 53.6 cm³/mol. The molecule has 1 aromatic rings. The number of hydrogen-bond donors (Lipinski definition) is 0. The summed E-state index contributed by atoms with van der Waals surface area (Å²) in [5.41, 5.74) is 0.836. The smallest absolute Gasteiger partial charge is 0.256 e. The first-order valence-corrected chi connectivity index (χ1v) is 6.11. The second-order valence-corrected chi connectivity index (χ2v) is 5.30. The highest BCUT2D eigenvalue weighted by Gasteiger charge is 2.21.